The number of ketones is 1. The summed E-state index contributed by atoms with van der Waals surface area (Å²) in [7, 11) is 0. The number of carbonyl (C=O) groups is 2. The van der Waals surface area contributed by atoms with Crippen LogP contribution in [0.5, 0.6) is 5.75 Å². The highest BCUT2D eigenvalue weighted by Gasteiger charge is 2.66. The zero-order valence-electron chi connectivity index (χ0n) is 26.3. The van der Waals surface area contributed by atoms with Crippen molar-refractivity contribution in [2.45, 2.75) is 80.2 Å². The Morgan fingerprint density at radius 2 is 1.84 bits per heavy atom. The number of ether oxygens (including phenoxy) is 3. The van der Waals surface area contributed by atoms with Crippen LogP contribution in [0.1, 0.15) is 76.9 Å². The predicted octanol–water partition coefficient (Wildman–Crippen LogP) is 7.12. The maximum Gasteiger partial charge on any atom is 0.254 e. The van der Waals surface area contributed by atoms with Gasteiger partial charge in [0.15, 0.2) is 5.78 Å². The van der Waals surface area contributed by atoms with Gasteiger partial charge in [0.05, 0.1) is 24.8 Å². The number of hydrogen-bond donors (Lipinski definition) is 0. The molecule has 0 bridgehead atoms. The van der Waals surface area contributed by atoms with Crippen LogP contribution in [0.15, 0.2) is 36.4 Å². The van der Waals surface area contributed by atoms with Crippen LogP contribution < -0.4 is 4.74 Å². The van der Waals surface area contributed by atoms with Crippen LogP contribution in [0.2, 0.25) is 5.02 Å². The Morgan fingerprint density at radius 1 is 1.14 bits per heavy atom. The largest absolute Gasteiger partial charge is 0.489 e. The molecule has 0 aromatic heterocycles. The Morgan fingerprint density at radius 3 is 2.47 bits per heavy atom. The van der Waals surface area contributed by atoms with Crippen LogP contribution in [0.25, 0.3) is 4.85 Å². The van der Waals surface area contributed by atoms with E-state index in [0.29, 0.717) is 41.8 Å². The second-order valence-electron chi connectivity index (χ2n) is 13.6. The summed E-state index contributed by atoms with van der Waals surface area (Å²) in [4.78, 5) is 30.9. The number of fused-ring (bicyclic) bond motifs is 1. The minimum Gasteiger partial charge on any atom is -0.489 e. The Bertz CT molecular complexity index is 1490. The second kappa shape index (κ2) is 12.3. The van der Waals surface area contributed by atoms with E-state index in [2.05, 4.69) is 44.4 Å². The van der Waals surface area contributed by atoms with Crippen LogP contribution in [0.4, 0.5) is 5.69 Å². The fourth-order valence-electron chi connectivity index (χ4n) is 6.52. The van der Waals surface area contributed by atoms with Crippen molar-refractivity contribution >= 4 is 29.0 Å². The van der Waals surface area contributed by atoms with Crippen LogP contribution in [-0.2, 0) is 20.8 Å². The molecule has 43 heavy (non-hydrogen) atoms. The molecule has 8 heteroatoms. The van der Waals surface area contributed by atoms with Gasteiger partial charge in [0.1, 0.15) is 24.6 Å². The molecule has 1 fully saturated rings. The first-order chi connectivity index (χ1) is 20.1. The number of benzene rings is 2. The van der Waals surface area contributed by atoms with Gasteiger partial charge >= 0.3 is 0 Å². The zero-order chi connectivity index (χ0) is 31.7. The molecule has 1 amide bonds. The third kappa shape index (κ3) is 6.75. The van der Waals surface area contributed by atoms with Gasteiger partial charge < -0.3 is 19.1 Å². The van der Waals surface area contributed by atoms with Crippen molar-refractivity contribution in [2.75, 3.05) is 19.8 Å². The summed E-state index contributed by atoms with van der Waals surface area (Å²) in [6, 6.07) is 10.8. The number of Topliss-reactive ketones (excluding diaryl/α,β-unsaturated/α-hetero) is 1. The van der Waals surface area contributed by atoms with E-state index in [0.717, 1.165) is 11.1 Å². The number of rotatable bonds is 9. The Balaban J connectivity index is 1.37. The molecule has 228 valence electrons. The third-order valence-corrected chi connectivity index (χ3v) is 8.69. The molecule has 2 aliphatic rings. The topological polar surface area (TPSA) is 69.4 Å². The van der Waals surface area contributed by atoms with Gasteiger partial charge in [-0.2, -0.15) is 0 Å². The maximum absolute atomic E-state index is 13.6. The number of carbonyl (C=O) groups excluding carboxylic acids is 2. The number of hydrogen-bond acceptors (Lipinski definition) is 5. The molecule has 0 spiro atoms. The fraction of sp³-hybridized carbons (Fsp3) is 0.514. The highest BCUT2D eigenvalue weighted by Crippen LogP contribution is 2.59. The van der Waals surface area contributed by atoms with Crippen molar-refractivity contribution in [2.24, 2.45) is 16.2 Å². The first-order valence-electron chi connectivity index (χ1n) is 14.6. The van der Waals surface area contributed by atoms with E-state index < -0.39 is 5.41 Å². The maximum atomic E-state index is 13.6. The molecule has 1 unspecified atom stereocenters. The molecule has 2 aromatic rings. The van der Waals surface area contributed by atoms with Crippen molar-refractivity contribution < 1.29 is 23.8 Å². The number of amides is 1. The minimum atomic E-state index is -0.415. The normalized spacial score (nSPS) is 20.7. The van der Waals surface area contributed by atoms with Crippen molar-refractivity contribution in [3.63, 3.8) is 0 Å². The summed E-state index contributed by atoms with van der Waals surface area (Å²) in [6.07, 6.45) is -0.474. The van der Waals surface area contributed by atoms with E-state index in [9.17, 15) is 9.59 Å². The quantitative estimate of drug-likeness (QED) is 0.173. The summed E-state index contributed by atoms with van der Waals surface area (Å²) in [6.45, 7) is 24.5. The van der Waals surface area contributed by atoms with Gasteiger partial charge in [-0.25, -0.2) is 4.85 Å². The highest BCUT2D eigenvalue weighted by atomic mass is 35.5. The molecular formula is C35H41ClN2O5. The molecule has 7 nitrogen and oxygen atoms in total. The van der Waals surface area contributed by atoms with Gasteiger partial charge in [-0.3, -0.25) is 9.59 Å². The molecule has 0 saturated heterocycles. The molecule has 1 aliphatic carbocycles. The molecular weight excluding hydrogens is 564 g/mol. The molecule has 1 aliphatic heterocycles. The van der Waals surface area contributed by atoms with E-state index in [1.54, 1.807) is 18.2 Å². The lowest BCUT2D eigenvalue weighted by Gasteiger charge is -2.65. The van der Waals surface area contributed by atoms with Crippen LogP contribution in [-0.4, -0.2) is 54.7 Å². The monoisotopic (exact) mass is 604 g/mol. The van der Waals surface area contributed by atoms with Crippen LogP contribution >= 0.6 is 11.6 Å². The Labute approximate surface area is 260 Å². The van der Waals surface area contributed by atoms with Gasteiger partial charge in [-0.15, -0.1) is 0 Å². The molecule has 1 saturated carbocycles. The van der Waals surface area contributed by atoms with Crippen molar-refractivity contribution in [1.82, 2.24) is 4.90 Å². The second-order valence-corrected chi connectivity index (χ2v) is 14.0. The summed E-state index contributed by atoms with van der Waals surface area (Å²) in [5.74, 6) is 6.97. The van der Waals surface area contributed by atoms with Gasteiger partial charge in [-0.1, -0.05) is 78.0 Å². The van der Waals surface area contributed by atoms with Gasteiger partial charge in [0.25, 0.3) is 5.91 Å². The van der Waals surface area contributed by atoms with E-state index >= 15 is 0 Å². The lowest BCUT2D eigenvalue weighted by molar-refractivity contribution is -0.199. The van der Waals surface area contributed by atoms with E-state index in [4.69, 9.17) is 32.4 Å². The zero-order valence-corrected chi connectivity index (χ0v) is 27.1. The van der Waals surface area contributed by atoms with E-state index in [-0.39, 0.29) is 47.4 Å². The Hall–Kier alpha value is -3.36. The summed E-state index contributed by atoms with van der Waals surface area (Å²) in [5.41, 5.74) is 1.80. The van der Waals surface area contributed by atoms with Crippen molar-refractivity contribution in [1.29, 1.82) is 0 Å². The molecule has 1 atom stereocenters. The molecule has 4 rings (SSSR count). The predicted molar refractivity (Wildman–Crippen MR) is 167 cm³/mol. The molecule has 0 N–H and O–H groups in total. The van der Waals surface area contributed by atoms with Gasteiger partial charge in [-0.05, 0) is 42.8 Å². The summed E-state index contributed by atoms with van der Waals surface area (Å²) < 4.78 is 17.6. The SMILES string of the molecule is [C-]#[N+]c1ccc(OC2C(C)(C)C(N3Cc4cc(C#CC(C)OCCOCC(=O)C(C)(C)C)ccc4C3=O)C2(C)C)cc1Cl. The first kappa shape index (κ1) is 32.6. The van der Waals surface area contributed by atoms with Crippen molar-refractivity contribution in [3.05, 3.63) is 69.5 Å². The summed E-state index contributed by atoms with van der Waals surface area (Å²) >= 11 is 6.25. The molecule has 1 heterocycles. The van der Waals surface area contributed by atoms with Crippen LogP contribution in [0, 0.1) is 34.7 Å². The fourth-order valence-corrected chi connectivity index (χ4v) is 6.74. The van der Waals surface area contributed by atoms with Gasteiger partial charge in [0, 0.05) is 40.0 Å². The van der Waals surface area contributed by atoms with Gasteiger partial charge in [0.2, 0.25) is 5.69 Å². The van der Waals surface area contributed by atoms with E-state index in [1.165, 1.54) is 0 Å². The molecule has 2 aromatic carbocycles. The average molecular weight is 605 g/mol. The lowest BCUT2D eigenvalue weighted by Crippen LogP contribution is -2.74. The Kier molecular flexibility index (Phi) is 9.33. The lowest BCUT2D eigenvalue weighted by atomic mass is 9.49. The minimum absolute atomic E-state index is 0.0187. The average Bonchev–Trinajstić information content (AvgIpc) is 3.23. The number of halogens is 1. The van der Waals surface area contributed by atoms with Crippen molar-refractivity contribution in [3.8, 4) is 17.6 Å². The number of nitrogens with zero attached hydrogens (tertiary/aromatic N) is 2. The van der Waals surface area contributed by atoms with E-state index in [1.807, 2.05) is 50.8 Å². The first-order valence-corrected chi connectivity index (χ1v) is 15.0. The smallest absolute Gasteiger partial charge is 0.254 e. The van der Waals surface area contributed by atoms with Crippen LogP contribution in [0.3, 0.4) is 0 Å². The highest BCUT2D eigenvalue weighted by molar-refractivity contribution is 6.33. The third-order valence-electron chi connectivity index (χ3n) is 8.39. The standard InChI is InChI=1S/C35H41ClN2O5/c1-22(42-17-16-41-21-29(39)33(2,3)4)10-11-23-12-14-26-24(18-23)20-38(30(26)40)31-34(5,6)32(35(31,7)8)43-25-13-15-28(37-9)27(36)19-25/h12-15,18-19,22,31-32H,16-17,20-21H2,1-8H3. The summed E-state index contributed by atoms with van der Waals surface area (Å²) in [5, 5.41) is 0.363. The molecule has 0 radical (unpaired) electrons.